The second-order valence-electron chi connectivity index (χ2n) is 2.38. The quantitative estimate of drug-likeness (QED) is 0.742. The number of hydrogen-bond donors (Lipinski definition) is 1. The zero-order valence-electron chi connectivity index (χ0n) is 6.81. The van der Waals surface area contributed by atoms with Gasteiger partial charge in [-0.05, 0) is 18.2 Å². The predicted octanol–water partition coefficient (Wildman–Crippen LogP) is 1.42. The number of hydrogen-bond acceptors (Lipinski definition) is 4. The summed E-state index contributed by atoms with van der Waals surface area (Å²) in [4.78, 5) is 11.6. The van der Waals surface area contributed by atoms with E-state index >= 15 is 0 Å². The molecule has 1 N–H and O–H groups in total. The molecule has 0 aliphatic carbocycles. The molecule has 4 nitrogen and oxygen atoms in total. The standard InChI is InChI=1S/C9H7N4/c1-2-4-8(5-3-1)13-9-11-6-10-7-12-9/h2-7H,(H,10,11,12,13). The van der Waals surface area contributed by atoms with Gasteiger partial charge in [0, 0.05) is 5.69 Å². The molecule has 1 aromatic heterocycles. The number of nitrogens with one attached hydrogen (secondary N) is 1. The lowest BCUT2D eigenvalue weighted by Gasteiger charge is -2.01. The number of benzene rings is 1. The highest BCUT2D eigenvalue weighted by atomic mass is 15.1. The van der Waals surface area contributed by atoms with Gasteiger partial charge in [0.15, 0.2) is 0 Å². The summed E-state index contributed by atoms with van der Waals surface area (Å²) in [7, 11) is 0. The summed E-state index contributed by atoms with van der Waals surface area (Å²) in [5.41, 5.74) is 0.935. The average molecular weight is 171 g/mol. The topological polar surface area (TPSA) is 50.7 Å². The fraction of sp³-hybridized carbons (Fsp3) is 0. The minimum atomic E-state index is 0.543. The smallest absolute Gasteiger partial charge is 0.230 e. The van der Waals surface area contributed by atoms with Crippen LogP contribution in [0, 0.1) is 6.07 Å². The van der Waals surface area contributed by atoms with Gasteiger partial charge in [-0.2, -0.15) is 0 Å². The lowest BCUT2D eigenvalue weighted by Crippen LogP contribution is -1.95. The number of aromatic nitrogens is 3. The van der Waals surface area contributed by atoms with Gasteiger partial charge in [-0.25, -0.2) is 15.0 Å². The first-order chi connectivity index (χ1) is 6.45. The average Bonchev–Trinajstić information content (AvgIpc) is 2.21. The van der Waals surface area contributed by atoms with Gasteiger partial charge in [0.25, 0.3) is 0 Å². The van der Waals surface area contributed by atoms with Gasteiger partial charge in [0.05, 0.1) is 0 Å². The van der Waals surface area contributed by atoms with E-state index in [0.717, 1.165) is 5.69 Å². The molecule has 0 saturated carbocycles. The number of rotatable bonds is 2. The third kappa shape index (κ3) is 1.99. The first kappa shape index (κ1) is 7.67. The van der Waals surface area contributed by atoms with E-state index in [-0.39, 0.29) is 0 Å². The van der Waals surface area contributed by atoms with Crippen LogP contribution >= 0.6 is 0 Å². The van der Waals surface area contributed by atoms with Crippen molar-refractivity contribution in [2.75, 3.05) is 5.32 Å². The van der Waals surface area contributed by atoms with Crippen molar-refractivity contribution >= 4 is 11.6 Å². The van der Waals surface area contributed by atoms with Crippen molar-refractivity contribution in [3.05, 3.63) is 43.0 Å². The molecular formula is C9H7N4. The van der Waals surface area contributed by atoms with Gasteiger partial charge in [-0.3, -0.25) is 0 Å². The molecule has 4 heteroatoms. The molecule has 0 saturated heterocycles. The molecular weight excluding hydrogens is 164 g/mol. The molecule has 1 aromatic carbocycles. The van der Waals surface area contributed by atoms with Crippen LogP contribution in [-0.4, -0.2) is 15.0 Å². The second kappa shape index (κ2) is 3.62. The molecule has 2 rings (SSSR count). The van der Waals surface area contributed by atoms with Crippen molar-refractivity contribution in [2.24, 2.45) is 0 Å². The maximum absolute atomic E-state index is 3.93. The third-order valence-corrected chi connectivity index (χ3v) is 1.47. The Labute approximate surface area is 75.7 Å². The molecule has 1 radical (unpaired) electrons. The van der Waals surface area contributed by atoms with Crippen molar-refractivity contribution in [2.45, 2.75) is 0 Å². The van der Waals surface area contributed by atoms with E-state index < -0.39 is 0 Å². The molecule has 2 aromatic rings. The summed E-state index contributed by atoms with van der Waals surface area (Å²) >= 11 is 0. The Bertz CT molecular complexity index is 322. The van der Waals surface area contributed by atoms with Gasteiger partial charge in [-0.1, -0.05) is 12.1 Å². The van der Waals surface area contributed by atoms with Crippen LogP contribution < -0.4 is 5.32 Å². The highest BCUT2D eigenvalue weighted by Gasteiger charge is 1.93. The molecule has 0 spiro atoms. The Kier molecular flexibility index (Phi) is 2.14. The number of nitrogens with zero attached hydrogens (tertiary/aromatic N) is 3. The van der Waals surface area contributed by atoms with Crippen LogP contribution in [0.25, 0.3) is 0 Å². The van der Waals surface area contributed by atoms with Crippen LogP contribution in [0.5, 0.6) is 0 Å². The first-order valence-corrected chi connectivity index (χ1v) is 3.80. The van der Waals surface area contributed by atoms with Crippen LogP contribution in [0.4, 0.5) is 11.6 Å². The Hall–Kier alpha value is -1.97. The lowest BCUT2D eigenvalue weighted by molar-refractivity contribution is 1.05. The van der Waals surface area contributed by atoms with Crippen molar-refractivity contribution in [1.29, 1.82) is 0 Å². The third-order valence-electron chi connectivity index (χ3n) is 1.47. The van der Waals surface area contributed by atoms with Gasteiger partial charge < -0.3 is 5.32 Å². The van der Waals surface area contributed by atoms with Gasteiger partial charge in [0.1, 0.15) is 12.7 Å². The van der Waals surface area contributed by atoms with E-state index in [9.17, 15) is 0 Å². The van der Waals surface area contributed by atoms with Crippen LogP contribution in [-0.2, 0) is 0 Å². The Morgan fingerprint density at radius 3 is 2.46 bits per heavy atom. The van der Waals surface area contributed by atoms with Gasteiger partial charge in [-0.15, -0.1) is 0 Å². The molecule has 0 aliphatic rings. The molecule has 63 valence electrons. The summed E-state index contributed by atoms with van der Waals surface area (Å²) in [5.74, 6) is 0.543. The Balaban J connectivity index is 2.16. The Morgan fingerprint density at radius 1 is 1.08 bits per heavy atom. The summed E-state index contributed by atoms with van der Waals surface area (Å²) in [6.07, 6.45) is 2.90. The molecule has 0 aliphatic heterocycles. The fourth-order valence-corrected chi connectivity index (χ4v) is 0.903. The minimum Gasteiger partial charge on any atom is -0.324 e. The van der Waals surface area contributed by atoms with E-state index in [2.05, 4.69) is 26.3 Å². The highest BCUT2D eigenvalue weighted by molar-refractivity contribution is 5.51. The van der Waals surface area contributed by atoms with Gasteiger partial charge >= 0.3 is 0 Å². The molecule has 1 heterocycles. The SMILES string of the molecule is [c]1ccc(Nc2ncncn2)cc1. The summed E-state index contributed by atoms with van der Waals surface area (Å²) in [6, 6.07) is 10.4. The summed E-state index contributed by atoms with van der Waals surface area (Å²) in [6.45, 7) is 0. The van der Waals surface area contributed by atoms with Crippen molar-refractivity contribution in [3.8, 4) is 0 Å². The maximum atomic E-state index is 3.93. The lowest BCUT2D eigenvalue weighted by atomic mass is 10.3. The molecule has 0 fully saturated rings. The van der Waals surface area contributed by atoms with Crippen molar-refractivity contribution in [1.82, 2.24) is 15.0 Å². The summed E-state index contributed by atoms with van der Waals surface area (Å²) in [5, 5.41) is 3.02. The maximum Gasteiger partial charge on any atom is 0.230 e. The highest BCUT2D eigenvalue weighted by Crippen LogP contribution is 2.09. The zero-order valence-corrected chi connectivity index (χ0v) is 6.81. The van der Waals surface area contributed by atoms with E-state index in [4.69, 9.17) is 0 Å². The minimum absolute atomic E-state index is 0.543. The largest absolute Gasteiger partial charge is 0.324 e. The summed E-state index contributed by atoms with van der Waals surface area (Å²) < 4.78 is 0. The molecule has 0 amide bonds. The predicted molar refractivity (Wildman–Crippen MR) is 48.4 cm³/mol. The molecule has 13 heavy (non-hydrogen) atoms. The van der Waals surface area contributed by atoms with Crippen molar-refractivity contribution < 1.29 is 0 Å². The second-order valence-corrected chi connectivity index (χ2v) is 2.38. The van der Waals surface area contributed by atoms with E-state index in [0.29, 0.717) is 5.95 Å². The van der Waals surface area contributed by atoms with Gasteiger partial charge in [0.2, 0.25) is 5.95 Å². The van der Waals surface area contributed by atoms with E-state index in [1.165, 1.54) is 12.7 Å². The van der Waals surface area contributed by atoms with Crippen LogP contribution in [0.2, 0.25) is 0 Å². The monoisotopic (exact) mass is 171 g/mol. The van der Waals surface area contributed by atoms with E-state index in [1.807, 2.05) is 24.3 Å². The van der Waals surface area contributed by atoms with Crippen molar-refractivity contribution in [3.63, 3.8) is 0 Å². The van der Waals surface area contributed by atoms with Crippen LogP contribution in [0.3, 0.4) is 0 Å². The van der Waals surface area contributed by atoms with Crippen LogP contribution in [0.15, 0.2) is 36.9 Å². The molecule has 0 atom stereocenters. The first-order valence-electron chi connectivity index (χ1n) is 3.80. The molecule has 0 unspecified atom stereocenters. The zero-order chi connectivity index (χ0) is 8.93. The molecule has 0 bridgehead atoms. The fourth-order valence-electron chi connectivity index (χ4n) is 0.903. The Morgan fingerprint density at radius 2 is 1.77 bits per heavy atom. The normalized spacial score (nSPS) is 9.54. The van der Waals surface area contributed by atoms with E-state index in [1.54, 1.807) is 0 Å². The number of anilines is 2. The van der Waals surface area contributed by atoms with Crippen LogP contribution in [0.1, 0.15) is 0 Å².